The summed E-state index contributed by atoms with van der Waals surface area (Å²) in [5.74, 6) is 2.22. The van der Waals surface area contributed by atoms with Gasteiger partial charge in [-0.3, -0.25) is 0 Å². The van der Waals surface area contributed by atoms with Gasteiger partial charge in [-0.2, -0.15) is 0 Å². The van der Waals surface area contributed by atoms with Gasteiger partial charge >= 0.3 is 0 Å². The topological polar surface area (TPSA) is 52.8 Å². The molecule has 0 amide bonds. The van der Waals surface area contributed by atoms with Crippen LogP contribution in [0.3, 0.4) is 0 Å². The average Bonchev–Trinajstić information content (AvgIpc) is 2.87. The zero-order valence-electron chi connectivity index (χ0n) is 11.7. The fourth-order valence-electron chi connectivity index (χ4n) is 2.36. The summed E-state index contributed by atoms with van der Waals surface area (Å²) in [6.45, 7) is 0.637. The van der Waals surface area contributed by atoms with Crippen molar-refractivity contribution in [2.24, 2.45) is 0 Å². The second kappa shape index (κ2) is 6.10. The Kier molecular flexibility index (Phi) is 4.01. The Hall–Kier alpha value is -2.14. The monoisotopic (exact) mass is 302 g/mol. The minimum absolute atomic E-state index is 0.523. The van der Waals surface area contributed by atoms with Crippen LogP contribution in [0.1, 0.15) is 11.5 Å². The number of aromatic nitrogens is 4. The number of aryl methyl sites for hydroxylation is 1. The number of ether oxygens (including phenoxy) is 1. The van der Waals surface area contributed by atoms with E-state index in [1.54, 1.807) is 19.6 Å². The first kappa shape index (κ1) is 13.8. The Balaban J connectivity index is 2.12. The summed E-state index contributed by atoms with van der Waals surface area (Å²) in [5.41, 5.74) is 2.81. The molecule has 2 aromatic heterocycles. The molecule has 0 unspecified atom stereocenters. The van der Waals surface area contributed by atoms with Gasteiger partial charge in [-0.05, 0) is 18.2 Å². The molecule has 0 bridgehead atoms. The van der Waals surface area contributed by atoms with Gasteiger partial charge in [0.2, 0.25) is 0 Å². The average molecular weight is 303 g/mol. The normalized spacial score (nSPS) is 11.0. The van der Waals surface area contributed by atoms with Crippen molar-refractivity contribution in [3.8, 4) is 5.75 Å². The van der Waals surface area contributed by atoms with Crippen LogP contribution >= 0.6 is 11.6 Å². The lowest BCUT2D eigenvalue weighted by Crippen LogP contribution is -2.07. The number of halogens is 1. The zero-order chi connectivity index (χ0) is 14.7. The Morgan fingerprint density at radius 3 is 2.90 bits per heavy atom. The largest absolute Gasteiger partial charge is 0.494 e. The molecule has 0 atom stereocenters. The van der Waals surface area contributed by atoms with Gasteiger partial charge < -0.3 is 9.30 Å². The second-order valence-corrected chi connectivity index (χ2v) is 4.96. The van der Waals surface area contributed by atoms with Crippen molar-refractivity contribution in [2.45, 2.75) is 13.0 Å². The fourth-order valence-corrected chi connectivity index (χ4v) is 2.53. The van der Waals surface area contributed by atoms with E-state index in [2.05, 4.69) is 19.5 Å². The van der Waals surface area contributed by atoms with E-state index in [1.165, 1.54) is 0 Å². The lowest BCUT2D eigenvalue weighted by atomic mass is 10.3. The highest BCUT2D eigenvalue weighted by Gasteiger charge is 2.14. The molecule has 3 aromatic rings. The van der Waals surface area contributed by atoms with Gasteiger partial charge in [-0.15, -0.1) is 11.6 Å². The molecular weight excluding hydrogens is 288 g/mol. The number of para-hydroxylation sites is 1. The molecular formula is C15H15ClN4O. The molecule has 0 aliphatic rings. The van der Waals surface area contributed by atoms with Crippen LogP contribution in [0.4, 0.5) is 0 Å². The van der Waals surface area contributed by atoms with E-state index in [0.717, 1.165) is 28.3 Å². The molecule has 0 aliphatic heterocycles. The highest BCUT2D eigenvalue weighted by Crippen LogP contribution is 2.26. The minimum Gasteiger partial charge on any atom is -0.494 e. The lowest BCUT2D eigenvalue weighted by molar-refractivity contribution is 0.419. The maximum absolute atomic E-state index is 5.90. The van der Waals surface area contributed by atoms with Crippen LogP contribution in [-0.2, 0) is 13.0 Å². The van der Waals surface area contributed by atoms with Crippen LogP contribution in [0.15, 0.2) is 36.8 Å². The van der Waals surface area contributed by atoms with Crippen LogP contribution in [0, 0.1) is 0 Å². The van der Waals surface area contributed by atoms with Crippen LogP contribution in [0.5, 0.6) is 5.75 Å². The molecule has 2 heterocycles. The molecule has 0 radical (unpaired) electrons. The molecule has 6 heteroatoms. The summed E-state index contributed by atoms with van der Waals surface area (Å²) in [5, 5.41) is 0. The quantitative estimate of drug-likeness (QED) is 0.680. The number of alkyl halides is 1. The maximum Gasteiger partial charge on any atom is 0.146 e. The van der Waals surface area contributed by atoms with Crippen LogP contribution in [0.25, 0.3) is 11.0 Å². The third-order valence-electron chi connectivity index (χ3n) is 3.32. The number of hydrogen-bond acceptors (Lipinski definition) is 4. The van der Waals surface area contributed by atoms with E-state index in [0.29, 0.717) is 18.8 Å². The first-order chi connectivity index (χ1) is 10.3. The molecule has 3 rings (SSSR count). The van der Waals surface area contributed by atoms with Crippen molar-refractivity contribution in [1.82, 2.24) is 19.5 Å². The number of hydrogen-bond donors (Lipinski definition) is 0. The molecule has 0 saturated carbocycles. The predicted molar refractivity (Wildman–Crippen MR) is 81.8 cm³/mol. The number of methoxy groups -OCH3 is 1. The number of benzene rings is 1. The van der Waals surface area contributed by atoms with Gasteiger partial charge in [-0.25, -0.2) is 15.0 Å². The molecule has 108 valence electrons. The van der Waals surface area contributed by atoms with Crippen molar-refractivity contribution in [1.29, 1.82) is 0 Å². The van der Waals surface area contributed by atoms with Gasteiger partial charge in [0.25, 0.3) is 0 Å². The van der Waals surface area contributed by atoms with Crippen molar-refractivity contribution >= 4 is 22.6 Å². The first-order valence-corrected chi connectivity index (χ1v) is 7.20. The molecule has 0 saturated heterocycles. The number of rotatable bonds is 5. The number of imidazole rings is 1. The van der Waals surface area contributed by atoms with Crippen LogP contribution in [0.2, 0.25) is 0 Å². The standard InChI is InChI=1S/C15H15ClN4O/c1-21-13-4-2-3-12-15(13)19-14(5-7-16)20(12)9-11-6-8-17-10-18-11/h2-4,6,8,10H,5,7,9H2,1H3. The van der Waals surface area contributed by atoms with E-state index in [9.17, 15) is 0 Å². The van der Waals surface area contributed by atoms with Gasteiger partial charge in [-0.1, -0.05) is 6.07 Å². The van der Waals surface area contributed by atoms with Crippen molar-refractivity contribution in [3.05, 3.63) is 48.3 Å². The van der Waals surface area contributed by atoms with Crippen LogP contribution in [-0.4, -0.2) is 32.5 Å². The minimum atomic E-state index is 0.523. The molecule has 0 fully saturated rings. The van der Waals surface area contributed by atoms with E-state index in [4.69, 9.17) is 16.3 Å². The molecule has 5 nitrogen and oxygen atoms in total. The van der Waals surface area contributed by atoms with Gasteiger partial charge in [0.15, 0.2) is 0 Å². The Morgan fingerprint density at radius 2 is 2.19 bits per heavy atom. The summed E-state index contributed by atoms with van der Waals surface area (Å²) in [7, 11) is 1.65. The van der Waals surface area contributed by atoms with Crippen molar-refractivity contribution < 1.29 is 4.74 Å². The highest BCUT2D eigenvalue weighted by molar-refractivity contribution is 6.17. The zero-order valence-corrected chi connectivity index (χ0v) is 12.4. The Labute approximate surface area is 127 Å². The summed E-state index contributed by atoms with van der Waals surface area (Å²) >= 11 is 5.90. The van der Waals surface area contributed by atoms with Gasteiger partial charge in [0.1, 0.15) is 23.4 Å². The van der Waals surface area contributed by atoms with Crippen LogP contribution < -0.4 is 4.74 Å². The van der Waals surface area contributed by atoms with Crippen molar-refractivity contribution in [3.63, 3.8) is 0 Å². The number of fused-ring (bicyclic) bond motifs is 1. The van der Waals surface area contributed by atoms with E-state index in [-0.39, 0.29) is 0 Å². The highest BCUT2D eigenvalue weighted by atomic mass is 35.5. The smallest absolute Gasteiger partial charge is 0.146 e. The number of nitrogens with zero attached hydrogens (tertiary/aromatic N) is 4. The summed E-state index contributed by atoms with van der Waals surface area (Å²) in [6.07, 6.45) is 3.99. The summed E-state index contributed by atoms with van der Waals surface area (Å²) in [6, 6.07) is 7.80. The summed E-state index contributed by atoms with van der Waals surface area (Å²) in [4.78, 5) is 12.9. The van der Waals surface area contributed by atoms with Gasteiger partial charge in [0.05, 0.1) is 24.9 Å². The first-order valence-electron chi connectivity index (χ1n) is 6.66. The lowest BCUT2D eigenvalue weighted by Gasteiger charge is -2.08. The van der Waals surface area contributed by atoms with E-state index >= 15 is 0 Å². The predicted octanol–water partition coefficient (Wildman–Crippen LogP) is 2.66. The molecule has 1 aromatic carbocycles. The maximum atomic E-state index is 5.90. The molecule has 0 N–H and O–H groups in total. The fraction of sp³-hybridized carbons (Fsp3) is 0.267. The van der Waals surface area contributed by atoms with E-state index in [1.807, 2.05) is 24.3 Å². The third kappa shape index (κ3) is 2.69. The summed E-state index contributed by atoms with van der Waals surface area (Å²) < 4.78 is 7.52. The van der Waals surface area contributed by atoms with E-state index < -0.39 is 0 Å². The van der Waals surface area contributed by atoms with Gasteiger partial charge in [0, 0.05) is 18.5 Å². The second-order valence-electron chi connectivity index (χ2n) is 4.58. The Morgan fingerprint density at radius 1 is 1.29 bits per heavy atom. The van der Waals surface area contributed by atoms with Crippen molar-refractivity contribution in [2.75, 3.05) is 13.0 Å². The molecule has 0 aliphatic carbocycles. The molecule has 0 spiro atoms. The molecule has 21 heavy (non-hydrogen) atoms. The third-order valence-corrected chi connectivity index (χ3v) is 3.51. The SMILES string of the molecule is COc1cccc2c1nc(CCCl)n2Cc1ccncn1. The Bertz CT molecular complexity index is 742.